The fourth-order valence-electron chi connectivity index (χ4n) is 2.40. The van der Waals surface area contributed by atoms with Gasteiger partial charge in [-0.2, -0.15) is 0 Å². The number of rotatable bonds is 0. The van der Waals surface area contributed by atoms with Crippen molar-refractivity contribution in [2.45, 2.75) is 25.7 Å². The highest BCUT2D eigenvalue weighted by Crippen LogP contribution is 2.32. The molecule has 2 aromatic rings. The van der Waals surface area contributed by atoms with Crippen molar-refractivity contribution in [3.05, 3.63) is 64.2 Å². The molecule has 0 saturated heterocycles. The van der Waals surface area contributed by atoms with Gasteiger partial charge in [0.2, 0.25) is 0 Å². The van der Waals surface area contributed by atoms with E-state index in [1.807, 2.05) is 26.8 Å². The monoisotopic (exact) mass is 284 g/mol. The Labute approximate surface area is 124 Å². The lowest BCUT2D eigenvalue weighted by atomic mass is 9.82. The average molecular weight is 284 g/mol. The van der Waals surface area contributed by atoms with E-state index in [1.54, 1.807) is 30.3 Å². The van der Waals surface area contributed by atoms with Gasteiger partial charge in [-0.15, -0.1) is 12.6 Å². The van der Waals surface area contributed by atoms with Crippen LogP contribution in [-0.4, -0.2) is 11.6 Å². The summed E-state index contributed by atoms with van der Waals surface area (Å²) in [6, 6.07) is 10.5. The molecule has 0 atom stereocenters. The molecular formula is C17H16O2S. The molecule has 1 aliphatic carbocycles. The molecule has 3 heteroatoms. The number of hydrogen-bond acceptors (Lipinski definition) is 3. The van der Waals surface area contributed by atoms with Crippen LogP contribution in [0.2, 0.25) is 0 Å². The zero-order valence-corrected chi connectivity index (χ0v) is 12.6. The Bertz CT molecular complexity index is 641. The summed E-state index contributed by atoms with van der Waals surface area (Å²) in [6.07, 6.45) is 0. The van der Waals surface area contributed by atoms with Gasteiger partial charge in [-0.25, -0.2) is 0 Å². The molecule has 0 fully saturated rings. The zero-order valence-electron chi connectivity index (χ0n) is 11.7. The Morgan fingerprint density at radius 3 is 1.95 bits per heavy atom. The molecule has 0 radical (unpaired) electrons. The predicted molar refractivity (Wildman–Crippen MR) is 83.1 cm³/mol. The molecule has 0 aliphatic heterocycles. The second-order valence-electron chi connectivity index (χ2n) is 4.36. The standard InChI is InChI=1S/C15H10O2S.C2H6/c1-8-4-2-5-9-12(8)14(16)10-6-3-7-11(18)13(10)15(9)17;1-2/h2-7,18H,1H3;1-2H3. The second-order valence-corrected chi connectivity index (χ2v) is 4.84. The van der Waals surface area contributed by atoms with E-state index < -0.39 is 0 Å². The highest BCUT2D eigenvalue weighted by atomic mass is 32.1. The fourth-order valence-corrected chi connectivity index (χ4v) is 2.70. The van der Waals surface area contributed by atoms with E-state index in [1.165, 1.54) is 0 Å². The quantitative estimate of drug-likeness (QED) is 0.631. The summed E-state index contributed by atoms with van der Waals surface area (Å²) in [5, 5.41) is 0. The summed E-state index contributed by atoms with van der Waals surface area (Å²) in [5.74, 6) is -0.206. The molecule has 0 aromatic heterocycles. The van der Waals surface area contributed by atoms with Crippen LogP contribution in [0.25, 0.3) is 0 Å². The largest absolute Gasteiger partial charge is 0.289 e. The Morgan fingerprint density at radius 2 is 1.30 bits per heavy atom. The molecule has 20 heavy (non-hydrogen) atoms. The minimum Gasteiger partial charge on any atom is -0.289 e. The number of benzene rings is 2. The molecule has 0 spiro atoms. The van der Waals surface area contributed by atoms with Crippen LogP contribution in [0.15, 0.2) is 41.3 Å². The summed E-state index contributed by atoms with van der Waals surface area (Å²) in [7, 11) is 0. The van der Waals surface area contributed by atoms with E-state index >= 15 is 0 Å². The molecule has 0 unspecified atom stereocenters. The van der Waals surface area contributed by atoms with Gasteiger partial charge in [-0.3, -0.25) is 9.59 Å². The van der Waals surface area contributed by atoms with Gasteiger partial charge < -0.3 is 0 Å². The lowest BCUT2D eigenvalue weighted by molar-refractivity contribution is 0.0976. The Balaban J connectivity index is 0.000000704. The molecule has 2 nitrogen and oxygen atoms in total. The first-order chi connectivity index (χ1) is 9.61. The number of ketones is 2. The number of carbonyl (C=O) groups excluding carboxylic acids is 2. The number of hydrogen-bond donors (Lipinski definition) is 1. The van der Waals surface area contributed by atoms with Gasteiger partial charge in [-0.05, 0) is 18.6 Å². The molecule has 1 aliphatic rings. The van der Waals surface area contributed by atoms with Crippen molar-refractivity contribution >= 4 is 24.2 Å². The van der Waals surface area contributed by atoms with Gasteiger partial charge in [0.15, 0.2) is 11.6 Å². The summed E-state index contributed by atoms with van der Waals surface area (Å²) < 4.78 is 0. The van der Waals surface area contributed by atoms with Gasteiger partial charge >= 0.3 is 0 Å². The lowest BCUT2D eigenvalue weighted by Crippen LogP contribution is -2.22. The van der Waals surface area contributed by atoms with E-state index in [0.717, 1.165) is 5.56 Å². The first-order valence-electron chi connectivity index (χ1n) is 6.62. The van der Waals surface area contributed by atoms with Crippen molar-refractivity contribution in [3.8, 4) is 0 Å². The van der Waals surface area contributed by atoms with E-state index in [-0.39, 0.29) is 11.6 Å². The second kappa shape index (κ2) is 5.63. The molecule has 0 N–H and O–H groups in total. The van der Waals surface area contributed by atoms with E-state index in [9.17, 15) is 9.59 Å². The third kappa shape index (κ3) is 2.08. The topological polar surface area (TPSA) is 34.1 Å². The Morgan fingerprint density at radius 1 is 0.800 bits per heavy atom. The SMILES string of the molecule is CC.Cc1cccc2c1C(=O)c1cccc(S)c1C2=O. The molecule has 0 bridgehead atoms. The summed E-state index contributed by atoms with van der Waals surface area (Å²) in [5.41, 5.74) is 2.71. The molecule has 102 valence electrons. The van der Waals surface area contributed by atoms with Crippen molar-refractivity contribution in [1.29, 1.82) is 0 Å². The highest BCUT2D eigenvalue weighted by Gasteiger charge is 2.31. The first kappa shape index (κ1) is 14.5. The maximum absolute atomic E-state index is 12.4. The van der Waals surface area contributed by atoms with Gasteiger partial charge in [0.25, 0.3) is 0 Å². The molecule has 0 saturated carbocycles. The van der Waals surface area contributed by atoms with Crippen LogP contribution in [0, 0.1) is 6.92 Å². The predicted octanol–water partition coefficient (Wildman–Crippen LogP) is 4.09. The van der Waals surface area contributed by atoms with E-state index in [4.69, 9.17) is 0 Å². The smallest absolute Gasteiger partial charge is 0.195 e. The van der Waals surface area contributed by atoms with E-state index in [2.05, 4.69) is 12.6 Å². The van der Waals surface area contributed by atoms with Crippen molar-refractivity contribution in [3.63, 3.8) is 0 Å². The number of aryl methyl sites for hydroxylation is 1. The number of thiol groups is 1. The van der Waals surface area contributed by atoms with Crippen LogP contribution in [0.1, 0.15) is 51.3 Å². The van der Waals surface area contributed by atoms with Gasteiger partial charge in [-0.1, -0.05) is 44.2 Å². The van der Waals surface area contributed by atoms with Gasteiger partial charge in [0, 0.05) is 27.1 Å². The number of carbonyl (C=O) groups is 2. The summed E-state index contributed by atoms with van der Waals surface area (Å²) in [6.45, 7) is 5.85. The minimum atomic E-state index is -0.117. The minimum absolute atomic E-state index is 0.0893. The molecule has 0 amide bonds. The maximum atomic E-state index is 12.4. The van der Waals surface area contributed by atoms with Crippen LogP contribution < -0.4 is 0 Å². The van der Waals surface area contributed by atoms with Crippen molar-refractivity contribution < 1.29 is 9.59 Å². The van der Waals surface area contributed by atoms with Crippen LogP contribution in [0.3, 0.4) is 0 Å². The normalized spacial score (nSPS) is 12.2. The Hall–Kier alpha value is -1.87. The Kier molecular flexibility index (Phi) is 4.09. The van der Waals surface area contributed by atoms with Crippen molar-refractivity contribution in [1.82, 2.24) is 0 Å². The van der Waals surface area contributed by atoms with Crippen LogP contribution in [-0.2, 0) is 0 Å². The highest BCUT2D eigenvalue weighted by molar-refractivity contribution is 7.80. The van der Waals surface area contributed by atoms with Crippen LogP contribution >= 0.6 is 12.6 Å². The average Bonchev–Trinajstić information content (AvgIpc) is 2.46. The van der Waals surface area contributed by atoms with E-state index in [0.29, 0.717) is 27.1 Å². The maximum Gasteiger partial charge on any atom is 0.195 e. The first-order valence-corrected chi connectivity index (χ1v) is 7.07. The van der Waals surface area contributed by atoms with Crippen LogP contribution in [0.5, 0.6) is 0 Å². The van der Waals surface area contributed by atoms with Gasteiger partial charge in [0.05, 0.1) is 0 Å². The lowest BCUT2D eigenvalue weighted by Gasteiger charge is -2.19. The summed E-state index contributed by atoms with van der Waals surface area (Å²) in [4.78, 5) is 25.4. The summed E-state index contributed by atoms with van der Waals surface area (Å²) >= 11 is 4.28. The fraction of sp³-hybridized carbons (Fsp3) is 0.176. The van der Waals surface area contributed by atoms with Gasteiger partial charge in [0.1, 0.15) is 0 Å². The third-order valence-electron chi connectivity index (χ3n) is 3.26. The molecule has 2 aromatic carbocycles. The van der Waals surface area contributed by atoms with Crippen LogP contribution in [0.4, 0.5) is 0 Å². The zero-order chi connectivity index (χ0) is 14.9. The molecular weight excluding hydrogens is 268 g/mol. The number of fused-ring (bicyclic) bond motifs is 2. The molecule has 0 heterocycles. The van der Waals surface area contributed by atoms with Crippen molar-refractivity contribution in [2.75, 3.05) is 0 Å². The van der Waals surface area contributed by atoms with Crippen molar-refractivity contribution in [2.24, 2.45) is 0 Å². The molecule has 3 rings (SSSR count). The third-order valence-corrected chi connectivity index (χ3v) is 3.63.